The first-order chi connectivity index (χ1) is 17.8. The lowest BCUT2D eigenvalue weighted by Crippen LogP contribution is -2.28. The van der Waals surface area contributed by atoms with Crippen molar-refractivity contribution in [2.45, 2.75) is 57.6 Å². The lowest BCUT2D eigenvalue weighted by molar-refractivity contribution is 0.264. The first kappa shape index (κ1) is 24.0. The first-order valence-corrected chi connectivity index (χ1v) is 12.7. The summed E-state index contributed by atoms with van der Waals surface area (Å²) in [6.45, 7) is 1.51. The fraction of sp³-hybridized carbons (Fsp3) is 0.385. The number of fused-ring (bicyclic) bond motifs is 1. The minimum absolute atomic E-state index is 0.00184. The largest absolute Gasteiger partial charge is 0.388 e. The van der Waals surface area contributed by atoms with Crippen molar-refractivity contribution in [3.63, 3.8) is 0 Å². The van der Waals surface area contributed by atoms with E-state index in [9.17, 15) is 19.1 Å². The second-order valence-corrected chi connectivity index (χ2v) is 10.3. The zero-order chi connectivity index (χ0) is 26.0. The van der Waals surface area contributed by atoms with Crippen molar-refractivity contribution >= 4 is 22.4 Å². The molecule has 11 heteroatoms. The summed E-state index contributed by atoms with van der Waals surface area (Å²) in [5.74, 6) is -1.26. The predicted molar refractivity (Wildman–Crippen MR) is 134 cm³/mol. The molecule has 0 aliphatic heterocycles. The zero-order valence-electron chi connectivity index (χ0n) is 20.0. The van der Waals surface area contributed by atoms with Gasteiger partial charge in [-0.3, -0.25) is 9.36 Å². The van der Waals surface area contributed by atoms with E-state index in [1.807, 2.05) is 6.92 Å². The van der Waals surface area contributed by atoms with E-state index in [-0.39, 0.29) is 39.6 Å². The van der Waals surface area contributed by atoms with Crippen LogP contribution in [0.15, 0.2) is 39.9 Å². The van der Waals surface area contributed by atoms with Crippen molar-refractivity contribution in [3.05, 3.63) is 79.3 Å². The standard InChI is InChI=1S/C26H24ClF2N5O3/c1-13(14-4-2-5-14)23-16-11-21(33-26(37)32(15-8-9-15)22(12-35)30-33)20(29)10-17(16)25(36)34(31-23)24-18(27)6-3-7-19(24)28/h3,6-7,10-11,13-15,35H,2,4-5,8-9,12H2,1H3. The van der Waals surface area contributed by atoms with Crippen LogP contribution in [0.2, 0.25) is 5.02 Å². The van der Waals surface area contributed by atoms with Crippen LogP contribution in [0, 0.1) is 17.6 Å². The molecule has 0 spiro atoms. The molecule has 1 unspecified atom stereocenters. The number of para-hydroxylation sites is 1. The minimum Gasteiger partial charge on any atom is -0.388 e. The molecule has 2 heterocycles. The Morgan fingerprint density at radius 3 is 2.43 bits per heavy atom. The number of benzene rings is 2. The molecule has 0 saturated heterocycles. The van der Waals surface area contributed by atoms with Crippen LogP contribution < -0.4 is 11.2 Å². The third-order valence-corrected chi connectivity index (χ3v) is 7.90. The lowest BCUT2D eigenvalue weighted by Gasteiger charge is -2.31. The summed E-state index contributed by atoms with van der Waals surface area (Å²) in [6, 6.07) is 6.44. The number of aromatic nitrogens is 5. The number of hydrogen-bond acceptors (Lipinski definition) is 5. The van der Waals surface area contributed by atoms with Crippen LogP contribution in [0.3, 0.4) is 0 Å². The second-order valence-electron chi connectivity index (χ2n) is 9.87. The fourth-order valence-electron chi connectivity index (χ4n) is 5.16. The summed E-state index contributed by atoms with van der Waals surface area (Å²) in [6.07, 6.45) is 4.59. The van der Waals surface area contributed by atoms with Gasteiger partial charge in [-0.15, -0.1) is 5.10 Å². The molecule has 6 rings (SSSR count). The second kappa shape index (κ2) is 8.88. The van der Waals surface area contributed by atoms with Crippen LogP contribution in [0.4, 0.5) is 8.78 Å². The molecule has 4 aromatic rings. The summed E-state index contributed by atoms with van der Waals surface area (Å²) in [5.41, 5.74) is -1.15. The number of nitrogens with zero attached hydrogens (tertiary/aromatic N) is 5. The maximum atomic E-state index is 15.5. The van der Waals surface area contributed by atoms with Gasteiger partial charge in [0, 0.05) is 17.3 Å². The van der Waals surface area contributed by atoms with Gasteiger partial charge in [-0.1, -0.05) is 31.0 Å². The quantitative estimate of drug-likeness (QED) is 0.401. The molecule has 1 atom stereocenters. The summed E-state index contributed by atoms with van der Waals surface area (Å²) < 4.78 is 33.6. The molecular weight excluding hydrogens is 504 g/mol. The van der Waals surface area contributed by atoms with Gasteiger partial charge >= 0.3 is 5.69 Å². The Morgan fingerprint density at radius 1 is 1.05 bits per heavy atom. The summed E-state index contributed by atoms with van der Waals surface area (Å²) in [4.78, 5) is 26.6. The molecule has 0 bridgehead atoms. The van der Waals surface area contributed by atoms with Gasteiger partial charge in [-0.2, -0.15) is 14.5 Å². The van der Waals surface area contributed by atoms with Gasteiger partial charge in [0.05, 0.1) is 16.1 Å². The summed E-state index contributed by atoms with van der Waals surface area (Å²) in [7, 11) is 0. The van der Waals surface area contributed by atoms with Crippen molar-refractivity contribution in [3.8, 4) is 11.4 Å². The van der Waals surface area contributed by atoms with E-state index in [0.29, 0.717) is 17.0 Å². The molecule has 8 nitrogen and oxygen atoms in total. The SMILES string of the molecule is CC(c1nn(-c2c(F)cccc2Cl)c(=O)c2cc(F)c(-n3nc(CO)n(C4CC4)c3=O)cc12)C1CCC1. The summed E-state index contributed by atoms with van der Waals surface area (Å²) >= 11 is 6.25. The lowest BCUT2D eigenvalue weighted by atomic mass is 9.75. The normalized spacial score (nSPS) is 16.8. The van der Waals surface area contributed by atoms with E-state index in [4.69, 9.17) is 11.6 Å². The average Bonchev–Trinajstić information content (AvgIpc) is 3.61. The van der Waals surface area contributed by atoms with Crippen LogP contribution in [0.1, 0.15) is 62.5 Å². The third kappa shape index (κ3) is 3.81. The third-order valence-electron chi connectivity index (χ3n) is 7.59. The van der Waals surface area contributed by atoms with Gasteiger partial charge < -0.3 is 5.11 Å². The van der Waals surface area contributed by atoms with Gasteiger partial charge in [-0.25, -0.2) is 13.6 Å². The van der Waals surface area contributed by atoms with Crippen LogP contribution in [-0.4, -0.2) is 29.2 Å². The monoisotopic (exact) mass is 527 g/mol. The average molecular weight is 528 g/mol. The van der Waals surface area contributed by atoms with E-state index in [1.165, 1.54) is 28.8 Å². The predicted octanol–water partition coefficient (Wildman–Crippen LogP) is 4.40. The van der Waals surface area contributed by atoms with Crippen LogP contribution in [0.25, 0.3) is 22.1 Å². The van der Waals surface area contributed by atoms with Crippen molar-refractivity contribution in [1.29, 1.82) is 0 Å². The maximum absolute atomic E-state index is 15.5. The molecule has 1 N–H and O–H groups in total. The number of aliphatic hydroxyl groups is 1. The van der Waals surface area contributed by atoms with Crippen molar-refractivity contribution < 1.29 is 13.9 Å². The maximum Gasteiger partial charge on any atom is 0.351 e. The van der Waals surface area contributed by atoms with Gasteiger partial charge in [-0.05, 0) is 55.9 Å². The van der Waals surface area contributed by atoms with Crippen molar-refractivity contribution in [1.82, 2.24) is 24.1 Å². The van der Waals surface area contributed by atoms with E-state index in [2.05, 4.69) is 10.2 Å². The van der Waals surface area contributed by atoms with Gasteiger partial charge in [0.25, 0.3) is 5.56 Å². The Labute approximate surface area is 214 Å². The Balaban J connectivity index is 1.63. The Bertz CT molecular complexity index is 1650. The molecule has 2 aromatic heterocycles. The van der Waals surface area contributed by atoms with Crippen LogP contribution in [0.5, 0.6) is 0 Å². The van der Waals surface area contributed by atoms with Crippen LogP contribution in [-0.2, 0) is 6.61 Å². The molecule has 2 saturated carbocycles. The number of hydrogen-bond donors (Lipinski definition) is 1. The molecule has 2 aromatic carbocycles. The van der Waals surface area contributed by atoms with E-state index < -0.39 is 29.5 Å². The Kier molecular flexibility index (Phi) is 5.76. The Morgan fingerprint density at radius 2 is 1.81 bits per heavy atom. The van der Waals surface area contributed by atoms with Crippen molar-refractivity contribution in [2.24, 2.45) is 5.92 Å². The highest BCUT2D eigenvalue weighted by molar-refractivity contribution is 6.32. The molecular formula is C26H24ClF2N5O3. The summed E-state index contributed by atoms with van der Waals surface area (Å²) in [5, 5.41) is 18.8. The van der Waals surface area contributed by atoms with Gasteiger partial charge in [0.15, 0.2) is 11.6 Å². The molecule has 0 radical (unpaired) electrons. The molecule has 2 aliphatic rings. The van der Waals surface area contributed by atoms with E-state index >= 15 is 4.39 Å². The minimum atomic E-state index is -0.851. The topological polar surface area (TPSA) is 94.9 Å². The number of halogens is 3. The molecule has 2 fully saturated rings. The number of rotatable bonds is 6. The highest BCUT2D eigenvalue weighted by atomic mass is 35.5. The highest BCUT2D eigenvalue weighted by Crippen LogP contribution is 2.41. The fourth-order valence-corrected chi connectivity index (χ4v) is 5.40. The molecule has 192 valence electrons. The van der Waals surface area contributed by atoms with Gasteiger partial charge in [0.2, 0.25) is 0 Å². The van der Waals surface area contributed by atoms with E-state index in [1.54, 1.807) is 0 Å². The van der Waals surface area contributed by atoms with Crippen molar-refractivity contribution in [2.75, 3.05) is 0 Å². The number of aliphatic hydroxyl groups excluding tert-OH is 1. The van der Waals surface area contributed by atoms with E-state index in [0.717, 1.165) is 47.5 Å². The highest BCUT2D eigenvalue weighted by Gasteiger charge is 2.32. The van der Waals surface area contributed by atoms with Gasteiger partial charge in [0.1, 0.15) is 23.8 Å². The van der Waals surface area contributed by atoms with Crippen LogP contribution >= 0.6 is 11.6 Å². The molecule has 0 amide bonds. The smallest absolute Gasteiger partial charge is 0.351 e. The molecule has 37 heavy (non-hydrogen) atoms. The Hall–Kier alpha value is -3.37. The first-order valence-electron chi connectivity index (χ1n) is 12.3. The zero-order valence-corrected chi connectivity index (χ0v) is 20.8. The molecule has 2 aliphatic carbocycles.